The van der Waals surface area contributed by atoms with E-state index in [1.54, 1.807) is 12.1 Å². The molecule has 1 aliphatic rings. The van der Waals surface area contributed by atoms with Crippen molar-refractivity contribution in [1.82, 2.24) is 4.31 Å². The zero-order chi connectivity index (χ0) is 22.4. The van der Waals surface area contributed by atoms with E-state index >= 15 is 0 Å². The number of amides is 1. The number of ether oxygens (including phenoxy) is 1. The predicted molar refractivity (Wildman–Crippen MR) is 123 cm³/mol. The van der Waals surface area contributed by atoms with Crippen molar-refractivity contribution in [3.8, 4) is 5.75 Å². The molecule has 1 aliphatic heterocycles. The summed E-state index contributed by atoms with van der Waals surface area (Å²) in [6.07, 6.45) is 2.80. The summed E-state index contributed by atoms with van der Waals surface area (Å²) in [6, 6.07) is 11.7. The van der Waals surface area contributed by atoms with E-state index in [0.717, 1.165) is 12.8 Å². The van der Waals surface area contributed by atoms with Gasteiger partial charge < -0.3 is 10.1 Å². The van der Waals surface area contributed by atoms with Gasteiger partial charge in [-0.2, -0.15) is 4.31 Å². The number of anilines is 1. The first kappa shape index (κ1) is 23.9. The lowest BCUT2D eigenvalue weighted by Gasteiger charge is -2.31. The second-order valence-corrected chi connectivity index (χ2v) is 10.2. The molecule has 1 fully saturated rings. The summed E-state index contributed by atoms with van der Waals surface area (Å²) in [6.45, 7) is 3.14. The SMILES string of the molecule is CCCCOc1ccccc1NC(=O)C1CCN(S(=O)(=O)c2cc(Cl)ccc2Cl)CC1. The minimum absolute atomic E-state index is 0.0114. The van der Waals surface area contributed by atoms with E-state index in [1.165, 1.54) is 16.4 Å². The number of sulfonamides is 1. The van der Waals surface area contributed by atoms with E-state index in [4.69, 9.17) is 27.9 Å². The molecule has 2 aromatic rings. The maximum Gasteiger partial charge on any atom is 0.244 e. The van der Waals surface area contributed by atoms with E-state index in [2.05, 4.69) is 12.2 Å². The molecular formula is C22H26Cl2N2O4S. The van der Waals surface area contributed by atoms with Crippen LogP contribution in [0.25, 0.3) is 0 Å². The monoisotopic (exact) mass is 484 g/mol. The Hall–Kier alpha value is -1.80. The number of nitrogens with one attached hydrogen (secondary N) is 1. The lowest BCUT2D eigenvalue weighted by Crippen LogP contribution is -2.41. The van der Waals surface area contributed by atoms with Gasteiger partial charge in [0.15, 0.2) is 0 Å². The van der Waals surface area contributed by atoms with Crippen molar-refractivity contribution < 1.29 is 17.9 Å². The molecule has 0 aromatic heterocycles. The Morgan fingerprint density at radius 2 is 1.87 bits per heavy atom. The molecule has 0 bridgehead atoms. The van der Waals surface area contributed by atoms with E-state index in [-0.39, 0.29) is 34.8 Å². The number of rotatable bonds is 8. The van der Waals surface area contributed by atoms with Gasteiger partial charge in [-0.15, -0.1) is 0 Å². The Morgan fingerprint density at radius 3 is 2.58 bits per heavy atom. The summed E-state index contributed by atoms with van der Waals surface area (Å²) in [5.74, 6) is 0.217. The van der Waals surface area contributed by atoms with Crippen LogP contribution in [0.1, 0.15) is 32.6 Å². The van der Waals surface area contributed by atoms with Gasteiger partial charge in [0.25, 0.3) is 0 Å². The highest BCUT2D eigenvalue weighted by molar-refractivity contribution is 7.89. The van der Waals surface area contributed by atoms with Crippen molar-refractivity contribution in [3.05, 3.63) is 52.5 Å². The molecule has 3 rings (SSSR count). The van der Waals surface area contributed by atoms with E-state index in [0.29, 0.717) is 35.9 Å². The number of benzene rings is 2. The van der Waals surface area contributed by atoms with Crippen LogP contribution in [0.5, 0.6) is 5.75 Å². The van der Waals surface area contributed by atoms with Crippen molar-refractivity contribution in [2.75, 3.05) is 25.0 Å². The molecule has 1 heterocycles. The molecule has 6 nitrogen and oxygen atoms in total. The van der Waals surface area contributed by atoms with Crippen molar-refractivity contribution >= 4 is 44.8 Å². The Kier molecular flexibility index (Phi) is 8.22. The average molecular weight is 485 g/mol. The Morgan fingerprint density at radius 1 is 1.16 bits per heavy atom. The number of piperidine rings is 1. The Balaban J connectivity index is 1.62. The van der Waals surface area contributed by atoms with Gasteiger partial charge in [0, 0.05) is 24.0 Å². The van der Waals surface area contributed by atoms with Crippen molar-refractivity contribution in [1.29, 1.82) is 0 Å². The molecule has 1 saturated heterocycles. The third-order valence-electron chi connectivity index (χ3n) is 5.24. The highest BCUT2D eigenvalue weighted by Gasteiger charge is 2.33. The summed E-state index contributed by atoms with van der Waals surface area (Å²) in [5, 5.41) is 3.37. The number of carbonyl (C=O) groups is 1. The van der Waals surface area contributed by atoms with Gasteiger partial charge in [-0.25, -0.2) is 8.42 Å². The first-order valence-corrected chi connectivity index (χ1v) is 12.5. The van der Waals surface area contributed by atoms with Gasteiger partial charge in [0.1, 0.15) is 10.6 Å². The van der Waals surface area contributed by atoms with Crippen LogP contribution in [0.2, 0.25) is 10.0 Å². The molecule has 0 saturated carbocycles. The Labute approximate surface area is 193 Å². The third kappa shape index (κ3) is 5.92. The number of para-hydroxylation sites is 2. The normalized spacial score (nSPS) is 15.6. The molecule has 9 heteroatoms. The summed E-state index contributed by atoms with van der Waals surface area (Å²) in [4.78, 5) is 12.8. The summed E-state index contributed by atoms with van der Waals surface area (Å²) >= 11 is 12.0. The standard InChI is InChI=1S/C22H26Cl2N2O4S/c1-2-3-14-30-20-7-5-4-6-19(20)25-22(27)16-10-12-26(13-11-16)31(28,29)21-15-17(23)8-9-18(21)24/h4-9,15-16H,2-3,10-14H2,1H3,(H,25,27). The van der Waals surface area contributed by atoms with E-state index < -0.39 is 10.0 Å². The van der Waals surface area contributed by atoms with Crippen LogP contribution in [-0.2, 0) is 14.8 Å². The maximum atomic E-state index is 13.0. The zero-order valence-corrected chi connectivity index (χ0v) is 19.6. The lowest BCUT2D eigenvalue weighted by atomic mass is 9.97. The summed E-state index contributed by atoms with van der Waals surface area (Å²) in [5.41, 5.74) is 0.629. The number of hydrogen-bond acceptors (Lipinski definition) is 4. The van der Waals surface area contributed by atoms with E-state index in [1.807, 2.05) is 18.2 Å². The van der Waals surface area contributed by atoms with Crippen LogP contribution in [0.3, 0.4) is 0 Å². The zero-order valence-electron chi connectivity index (χ0n) is 17.3. The third-order valence-corrected chi connectivity index (χ3v) is 7.85. The van der Waals surface area contributed by atoms with E-state index in [9.17, 15) is 13.2 Å². The molecule has 0 atom stereocenters. The van der Waals surface area contributed by atoms with Gasteiger partial charge in [-0.3, -0.25) is 4.79 Å². The highest BCUT2D eigenvalue weighted by atomic mass is 35.5. The summed E-state index contributed by atoms with van der Waals surface area (Å²) < 4.78 is 33.1. The molecule has 168 valence electrons. The second kappa shape index (κ2) is 10.7. The fourth-order valence-electron chi connectivity index (χ4n) is 3.43. The van der Waals surface area contributed by atoms with Gasteiger partial charge in [0.05, 0.1) is 17.3 Å². The lowest BCUT2D eigenvalue weighted by molar-refractivity contribution is -0.120. The van der Waals surface area contributed by atoms with Gasteiger partial charge in [-0.05, 0) is 49.6 Å². The highest BCUT2D eigenvalue weighted by Crippen LogP contribution is 2.31. The van der Waals surface area contributed by atoms with Crippen molar-refractivity contribution in [2.45, 2.75) is 37.5 Å². The average Bonchev–Trinajstić information content (AvgIpc) is 2.76. The number of halogens is 2. The maximum absolute atomic E-state index is 13.0. The molecule has 2 aromatic carbocycles. The number of nitrogens with zero attached hydrogens (tertiary/aromatic N) is 1. The minimum atomic E-state index is -3.78. The fraction of sp³-hybridized carbons (Fsp3) is 0.409. The largest absolute Gasteiger partial charge is 0.491 e. The first-order valence-electron chi connectivity index (χ1n) is 10.3. The van der Waals surface area contributed by atoms with Crippen LogP contribution in [0.15, 0.2) is 47.4 Å². The number of carbonyl (C=O) groups excluding carboxylic acids is 1. The van der Waals surface area contributed by atoms with Crippen LogP contribution >= 0.6 is 23.2 Å². The van der Waals surface area contributed by atoms with Gasteiger partial charge >= 0.3 is 0 Å². The topological polar surface area (TPSA) is 75.7 Å². The molecule has 0 spiro atoms. The van der Waals surface area contributed by atoms with Gasteiger partial charge in [-0.1, -0.05) is 48.7 Å². The number of unbranched alkanes of at least 4 members (excludes halogenated alkanes) is 1. The van der Waals surface area contributed by atoms with Crippen LogP contribution in [0.4, 0.5) is 5.69 Å². The predicted octanol–water partition coefficient (Wildman–Crippen LogP) is 5.21. The minimum Gasteiger partial charge on any atom is -0.491 e. The van der Waals surface area contributed by atoms with Crippen molar-refractivity contribution in [3.63, 3.8) is 0 Å². The fourth-order valence-corrected chi connectivity index (χ4v) is 5.64. The van der Waals surface area contributed by atoms with Crippen LogP contribution < -0.4 is 10.1 Å². The number of hydrogen-bond donors (Lipinski definition) is 1. The Bertz CT molecular complexity index is 1020. The molecule has 0 aliphatic carbocycles. The van der Waals surface area contributed by atoms with Crippen LogP contribution in [-0.4, -0.2) is 38.3 Å². The molecular weight excluding hydrogens is 459 g/mol. The molecule has 0 radical (unpaired) electrons. The summed E-state index contributed by atoms with van der Waals surface area (Å²) in [7, 11) is -3.78. The first-order chi connectivity index (χ1) is 14.8. The second-order valence-electron chi connectivity index (χ2n) is 7.44. The molecule has 31 heavy (non-hydrogen) atoms. The smallest absolute Gasteiger partial charge is 0.244 e. The van der Waals surface area contributed by atoms with Crippen LogP contribution in [0, 0.1) is 5.92 Å². The van der Waals surface area contributed by atoms with Gasteiger partial charge in [0.2, 0.25) is 15.9 Å². The molecule has 0 unspecified atom stereocenters. The quantitative estimate of drug-likeness (QED) is 0.521. The van der Waals surface area contributed by atoms with Crippen molar-refractivity contribution in [2.24, 2.45) is 5.92 Å². The molecule has 1 amide bonds. The molecule has 1 N–H and O–H groups in total.